The summed E-state index contributed by atoms with van der Waals surface area (Å²) in [5.41, 5.74) is 10.1. The summed E-state index contributed by atoms with van der Waals surface area (Å²) in [7, 11) is 1.60. The fraction of sp³-hybridized carbons (Fsp3) is 0.319. The maximum Gasteiger partial charge on any atom is 0.475 e. The van der Waals surface area contributed by atoms with E-state index in [9.17, 15) is 38.7 Å². The molecule has 4 aliphatic rings. The molecule has 16 rings (SSSR count). The van der Waals surface area contributed by atoms with Crippen LogP contribution in [0.5, 0.6) is 11.5 Å². The van der Waals surface area contributed by atoms with Gasteiger partial charge in [0.15, 0.2) is 34.8 Å². The number of benzene rings is 8. The van der Waals surface area contributed by atoms with Gasteiger partial charge in [0, 0.05) is 76.8 Å². The van der Waals surface area contributed by atoms with Crippen LogP contribution in [0.15, 0.2) is 224 Å². The quantitative estimate of drug-likeness (QED) is 0.0104. The Labute approximate surface area is 735 Å². The predicted molar refractivity (Wildman–Crippen MR) is 469 cm³/mol. The second-order valence-corrected chi connectivity index (χ2v) is 33.0. The third-order valence-electron chi connectivity index (χ3n) is 23.2. The molecule has 2 saturated heterocycles. The van der Waals surface area contributed by atoms with Crippen LogP contribution >= 0.6 is 7.82 Å². The zero-order valence-electron chi connectivity index (χ0n) is 70.9. The van der Waals surface area contributed by atoms with E-state index in [-0.39, 0.29) is 136 Å². The molecule has 5 amide bonds. The molecule has 0 spiro atoms. The van der Waals surface area contributed by atoms with Gasteiger partial charge in [0.25, 0.3) is 17.4 Å². The van der Waals surface area contributed by atoms with E-state index >= 15 is 4.57 Å². The van der Waals surface area contributed by atoms with Gasteiger partial charge >= 0.3 is 26.0 Å². The van der Waals surface area contributed by atoms with Crippen LogP contribution in [0, 0.1) is 0 Å². The number of aromatic nitrogens is 8. The lowest BCUT2D eigenvalue weighted by molar-refractivity contribution is -0.148. The number of nitrogens with zero attached hydrogens (tertiary/aromatic N) is 9. The van der Waals surface area contributed by atoms with Crippen molar-refractivity contribution in [2.75, 3.05) is 91.7 Å². The first-order valence-electron chi connectivity index (χ1n) is 42.2. The minimum atomic E-state index is -4.74. The molecule has 8 aromatic carbocycles. The molecule has 2 aliphatic heterocycles. The summed E-state index contributed by atoms with van der Waals surface area (Å²) in [5, 5.41) is 20.0. The molecule has 33 nitrogen and oxygen atoms in total. The number of H-pyrrole nitrogens is 1. The first-order valence-corrected chi connectivity index (χ1v) is 43.7. The molecule has 2 aliphatic carbocycles. The Hall–Kier alpha value is -13.4. The van der Waals surface area contributed by atoms with E-state index in [0.29, 0.717) is 34.6 Å². The number of carbonyl (C=O) groups is 6. The molecule has 662 valence electrons. The molecular weight excluding hydrogens is 1660 g/mol. The van der Waals surface area contributed by atoms with Crippen LogP contribution in [0.3, 0.4) is 0 Å². The minimum absolute atomic E-state index is 0.0196. The van der Waals surface area contributed by atoms with E-state index in [0.717, 1.165) is 50.1 Å². The number of aliphatic hydroxyl groups is 1. The molecule has 5 N–H and O–H groups in total. The molecule has 12 aromatic rings. The zero-order valence-corrected chi connectivity index (χ0v) is 71.8. The Morgan fingerprint density at radius 1 is 0.570 bits per heavy atom. The van der Waals surface area contributed by atoms with Crippen molar-refractivity contribution in [1.82, 2.24) is 54.2 Å². The van der Waals surface area contributed by atoms with Gasteiger partial charge in [0.1, 0.15) is 67.4 Å². The number of aliphatic hydroxyl groups excluding tert-OH is 1. The van der Waals surface area contributed by atoms with Crippen molar-refractivity contribution < 1.29 is 89.9 Å². The average molecular weight is 1760 g/mol. The van der Waals surface area contributed by atoms with E-state index in [2.05, 4.69) is 70.1 Å². The van der Waals surface area contributed by atoms with Crippen molar-refractivity contribution in [2.45, 2.75) is 113 Å². The SMILES string of the molecule is CCCOP(=O)(OC[C@H]1O[C@@H](n2cnc3c(=O)[nH]c(NC(=O)CCCN(C)C(=O)OCC4c5ccccc5-c5ccccc54)nc32)CC1O)OC1C[C@H](n2cnc3c(NC(=O)c4ccc(CNC(=O)COC(=O)CCCN(C)C(=O)OCC5c6ccccc6-c6ccccc65)cc4)ncnc32)O[C@@H]1COC(c1ccccc1)(c1ccc(OC)cc1)c1ccc(OC)cc1. The van der Waals surface area contributed by atoms with Crippen LogP contribution in [-0.4, -0.2) is 195 Å². The molecule has 3 unspecified atom stereocenters. The van der Waals surface area contributed by atoms with Gasteiger partial charge in [-0.3, -0.25) is 57.0 Å². The summed E-state index contributed by atoms with van der Waals surface area (Å²) in [6, 6.07) is 63.2. The first kappa shape index (κ1) is 88.1. The van der Waals surface area contributed by atoms with E-state index in [1.165, 1.54) is 33.3 Å². The second-order valence-electron chi connectivity index (χ2n) is 31.4. The highest BCUT2D eigenvalue weighted by Crippen LogP contribution is 2.55. The molecular formula is C94H96N13O20P. The summed E-state index contributed by atoms with van der Waals surface area (Å²) >= 11 is 0. The summed E-state index contributed by atoms with van der Waals surface area (Å²) in [6.07, 6.45) is -3.07. The standard InChI is InChI=1S/C94H96N13O20P/c1-6-46-123-128(116,124-53-77-75(108)47-81(125-77)107-57-99-85-88(107)102-91(103-90(85)113)100-79(109)30-18-44-104(2)92(114)120-50-73-69-26-14-10-22-65(69)66-23-11-15-27-70(66)73)127-76-48-82(126-78(76)52-122-94(60-20-8-7-9-21-60,61-36-40-63(117-4)41-37-61)62-38-42-64(118-5)43-39-62)106-56-98-84-86(96-55-97-87(84)106)101-89(112)59-34-32-58(33-35-59)49-95-80(110)54-119-83(111)31-19-45-105(3)93(115)121-51-74-71-28-16-12-24-67(71)68-25-13-17-29-72(68)74/h7-17,20-29,32-43,55-57,73-78,81-82,108H,6,18-19,30-31,44-54H2,1-5H3,(H,95,110)(H,96,97,101,112)(H2,100,102,103,109,113)/t75?,76?,77-,78-,81-,82-,128?/m1/s1. The second kappa shape index (κ2) is 39.7. The van der Waals surface area contributed by atoms with Gasteiger partial charge in [-0.15, -0.1) is 0 Å². The number of amides is 5. The summed E-state index contributed by atoms with van der Waals surface area (Å²) in [4.78, 5) is 121. The molecule has 0 saturated carbocycles. The molecule has 0 radical (unpaired) electrons. The number of nitrogens with one attached hydrogen (secondary N) is 4. The molecule has 6 heterocycles. The number of carbonyl (C=O) groups excluding carboxylic acids is 6. The van der Waals surface area contributed by atoms with Crippen LogP contribution in [0.2, 0.25) is 0 Å². The van der Waals surface area contributed by atoms with Crippen molar-refractivity contribution in [2.24, 2.45) is 0 Å². The highest BCUT2D eigenvalue weighted by Gasteiger charge is 2.48. The number of imidazole rings is 2. The topological polar surface area (TPSA) is 391 Å². The smallest absolute Gasteiger partial charge is 0.475 e. The van der Waals surface area contributed by atoms with E-state index in [1.807, 2.05) is 159 Å². The predicted octanol–water partition coefficient (Wildman–Crippen LogP) is 13.5. The Bertz CT molecular complexity index is 5980. The third kappa shape index (κ3) is 19.4. The lowest BCUT2D eigenvalue weighted by Gasteiger charge is -2.37. The minimum Gasteiger partial charge on any atom is -0.497 e. The van der Waals surface area contributed by atoms with Gasteiger partial charge in [-0.25, -0.2) is 34.1 Å². The number of hydrogen-bond donors (Lipinski definition) is 5. The number of hydrogen-bond acceptors (Lipinski definition) is 25. The Morgan fingerprint density at radius 2 is 1.10 bits per heavy atom. The van der Waals surface area contributed by atoms with Crippen LogP contribution in [0.4, 0.5) is 21.4 Å². The largest absolute Gasteiger partial charge is 0.497 e. The summed E-state index contributed by atoms with van der Waals surface area (Å²) in [6.45, 7) is 1.15. The number of esters is 1. The number of rotatable bonds is 37. The van der Waals surface area contributed by atoms with Crippen molar-refractivity contribution in [3.63, 3.8) is 0 Å². The van der Waals surface area contributed by atoms with Gasteiger partial charge in [-0.05, 0) is 122 Å². The average Bonchev–Trinajstić information content (AvgIpc) is 1.24. The van der Waals surface area contributed by atoms with Gasteiger partial charge in [-0.1, -0.05) is 171 Å². The number of ether oxygens (including phenoxy) is 8. The van der Waals surface area contributed by atoms with Crippen molar-refractivity contribution in [1.29, 1.82) is 0 Å². The maximum absolute atomic E-state index is 15.6. The highest BCUT2D eigenvalue weighted by atomic mass is 31.2. The molecule has 4 aromatic heterocycles. The van der Waals surface area contributed by atoms with Gasteiger partial charge in [-0.2, -0.15) is 4.98 Å². The van der Waals surface area contributed by atoms with Crippen LogP contribution in [-0.2, 0) is 73.1 Å². The zero-order chi connectivity index (χ0) is 89.0. The fourth-order valence-corrected chi connectivity index (χ4v) is 18.1. The Balaban J connectivity index is 0.560. The molecule has 7 atom stereocenters. The number of phosphoric ester groups is 1. The molecule has 0 bridgehead atoms. The van der Waals surface area contributed by atoms with Gasteiger partial charge in [0.2, 0.25) is 11.9 Å². The van der Waals surface area contributed by atoms with E-state index in [1.54, 1.807) is 57.1 Å². The lowest BCUT2D eigenvalue weighted by Crippen LogP contribution is -2.38. The molecule has 128 heavy (non-hydrogen) atoms. The third-order valence-corrected chi connectivity index (χ3v) is 24.7. The number of aromatic amines is 1. The molecule has 34 heteroatoms. The Kier molecular flexibility index (Phi) is 27.3. The monoisotopic (exact) mass is 1760 g/mol. The number of phosphoric acid groups is 1. The summed E-state index contributed by atoms with van der Waals surface area (Å²) in [5.74, 6) is -1.37. The normalized spacial score (nSPS) is 17.4. The van der Waals surface area contributed by atoms with Crippen molar-refractivity contribution in [3.05, 3.63) is 280 Å². The van der Waals surface area contributed by atoms with Crippen molar-refractivity contribution >= 4 is 77.8 Å². The maximum atomic E-state index is 15.6. The fourth-order valence-electron chi connectivity index (χ4n) is 16.6. The first-order chi connectivity index (χ1) is 62.2. The van der Waals surface area contributed by atoms with Gasteiger partial charge in [0.05, 0.1) is 52.8 Å². The van der Waals surface area contributed by atoms with Crippen molar-refractivity contribution in [3.8, 4) is 33.8 Å². The summed E-state index contributed by atoms with van der Waals surface area (Å²) < 4.78 is 86.5. The van der Waals surface area contributed by atoms with Crippen LogP contribution in [0.1, 0.15) is 131 Å². The number of methoxy groups -OCH3 is 2. The lowest BCUT2D eigenvalue weighted by atomic mass is 9.80. The van der Waals surface area contributed by atoms with Gasteiger partial charge < -0.3 is 63.4 Å². The number of anilines is 2. The van der Waals surface area contributed by atoms with Crippen LogP contribution in [0.25, 0.3) is 44.6 Å². The number of fused-ring (bicyclic) bond motifs is 8. The van der Waals surface area contributed by atoms with Crippen LogP contribution < -0.4 is 31.0 Å². The highest BCUT2D eigenvalue weighted by molar-refractivity contribution is 7.48. The van der Waals surface area contributed by atoms with E-state index < -0.39 is 105 Å². The molecule has 2 fully saturated rings. The van der Waals surface area contributed by atoms with E-state index in [4.69, 9.17) is 51.5 Å². The Morgan fingerprint density at radius 3 is 1.68 bits per heavy atom.